The molecule has 8 nitrogen and oxygen atoms in total. The van der Waals surface area contributed by atoms with Crippen LogP contribution >= 0.6 is 34.5 Å². The summed E-state index contributed by atoms with van der Waals surface area (Å²) in [5.74, 6) is -0.396. The molecular weight excluding hydrogens is 459 g/mol. The van der Waals surface area contributed by atoms with Crippen molar-refractivity contribution in [2.75, 3.05) is 12.4 Å². The van der Waals surface area contributed by atoms with Gasteiger partial charge in [-0.05, 0) is 43.2 Å². The van der Waals surface area contributed by atoms with Gasteiger partial charge in [0.2, 0.25) is 10.0 Å². The number of sulfonamides is 1. The fraction of sp³-hybridized carbons (Fsp3) is 0.235. The Bertz CT molecular complexity index is 1170. The van der Waals surface area contributed by atoms with Gasteiger partial charge in [0.05, 0.1) is 14.8 Å². The van der Waals surface area contributed by atoms with Crippen molar-refractivity contribution < 1.29 is 17.6 Å². The number of amides is 1. The molecule has 29 heavy (non-hydrogen) atoms. The van der Waals surface area contributed by atoms with Crippen molar-refractivity contribution in [2.24, 2.45) is 0 Å². The van der Waals surface area contributed by atoms with Crippen LogP contribution in [0.25, 0.3) is 11.5 Å². The number of rotatable bonds is 6. The van der Waals surface area contributed by atoms with Gasteiger partial charge in [-0.2, -0.15) is 4.31 Å². The van der Waals surface area contributed by atoms with Crippen molar-refractivity contribution in [3.05, 3.63) is 44.6 Å². The van der Waals surface area contributed by atoms with Crippen LogP contribution in [0.3, 0.4) is 0 Å². The second kappa shape index (κ2) is 7.69. The van der Waals surface area contributed by atoms with Gasteiger partial charge in [0.25, 0.3) is 11.8 Å². The second-order valence-electron chi connectivity index (χ2n) is 6.38. The number of carbonyl (C=O) groups is 1. The summed E-state index contributed by atoms with van der Waals surface area (Å²) in [4.78, 5) is 12.5. The highest BCUT2D eigenvalue weighted by Gasteiger charge is 2.35. The quantitative estimate of drug-likeness (QED) is 0.577. The SMILES string of the molecule is CN(C1CC1)S(=O)(=O)c1ccc(C(=O)Nc2nnc(-c3cc(Cl)sc3Cl)o2)cc1. The van der Waals surface area contributed by atoms with Crippen molar-refractivity contribution in [1.82, 2.24) is 14.5 Å². The molecule has 152 valence electrons. The Morgan fingerprint density at radius 1 is 1.24 bits per heavy atom. The van der Waals surface area contributed by atoms with Crippen LogP contribution in [-0.4, -0.2) is 41.9 Å². The van der Waals surface area contributed by atoms with Gasteiger partial charge in [-0.3, -0.25) is 10.1 Å². The smallest absolute Gasteiger partial charge is 0.322 e. The van der Waals surface area contributed by atoms with Gasteiger partial charge >= 0.3 is 6.01 Å². The van der Waals surface area contributed by atoms with E-state index >= 15 is 0 Å². The Hall–Kier alpha value is -1.98. The Balaban J connectivity index is 1.47. The third-order valence-electron chi connectivity index (χ3n) is 4.39. The molecule has 0 unspecified atom stereocenters. The lowest BCUT2D eigenvalue weighted by Crippen LogP contribution is -2.29. The summed E-state index contributed by atoms with van der Waals surface area (Å²) in [6, 6.07) is 7.18. The van der Waals surface area contributed by atoms with Gasteiger partial charge in [0.1, 0.15) is 4.34 Å². The maximum Gasteiger partial charge on any atom is 0.322 e. The first kappa shape index (κ1) is 20.3. The van der Waals surface area contributed by atoms with Gasteiger partial charge in [-0.1, -0.05) is 28.3 Å². The maximum absolute atomic E-state index is 12.5. The molecule has 0 radical (unpaired) electrons. The molecule has 1 aromatic carbocycles. The van der Waals surface area contributed by atoms with Crippen molar-refractivity contribution in [3.8, 4) is 11.5 Å². The lowest BCUT2D eigenvalue weighted by Gasteiger charge is -2.16. The van der Waals surface area contributed by atoms with E-state index in [1.165, 1.54) is 28.6 Å². The minimum absolute atomic E-state index is 0.0568. The summed E-state index contributed by atoms with van der Waals surface area (Å²) >= 11 is 13.1. The molecule has 3 aromatic rings. The molecule has 1 N–H and O–H groups in total. The molecule has 1 saturated carbocycles. The van der Waals surface area contributed by atoms with Gasteiger partial charge in [0.15, 0.2) is 0 Å². The zero-order valence-electron chi connectivity index (χ0n) is 14.9. The lowest BCUT2D eigenvalue weighted by molar-refractivity contribution is 0.102. The first-order valence-electron chi connectivity index (χ1n) is 8.44. The number of hydrogen-bond donors (Lipinski definition) is 1. The highest BCUT2D eigenvalue weighted by atomic mass is 35.5. The molecule has 1 aliphatic rings. The number of aromatic nitrogens is 2. The predicted octanol–water partition coefficient (Wildman–Crippen LogP) is 4.14. The number of anilines is 1. The minimum Gasteiger partial charge on any atom is -0.403 e. The van der Waals surface area contributed by atoms with Crippen molar-refractivity contribution >= 4 is 56.5 Å². The summed E-state index contributed by atoms with van der Waals surface area (Å²) in [5, 5.41) is 10.1. The lowest BCUT2D eigenvalue weighted by atomic mass is 10.2. The fourth-order valence-corrected chi connectivity index (χ4v) is 5.48. The van der Waals surface area contributed by atoms with Crippen LogP contribution in [0.5, 0.6) is 0 Å². The van der Waals surface area contributed by atoms with Gasteiger partial charge < -0.3 is 4.42 Å². The molecule has 2 heterocycles. The van der Waals surface area contributed by atoms with E-state index in [0.29, 0.717) is 14.2 Å². The molecule has 0 atom stereocenters. The predicted molar refractivity (Wildman–Crippen MR) is 110 cm³/mol. The largest absolute Gasteiger partial charge is 0.403 e. The molecule has 2 aromatic heterocycles. The molecule has 0 aliphatic heterocycles. The number of thiophene rings is 1. The zero-order chi connectivity index (χ0) is 20.8. The first-order valence-corrected chi connectivity index (χ1v) is 11.4. The average molecular weight is 473 g/mol. The van der Waals surface area contributed by atoms with E-state index in [-0.39, 0.29) is 28.4 Å². The molecule has 0 spiro atoms. The van der Waals surface area contributed by atoms with Crippen LogP contribution in [0, 0.1) is 0 Å². The fourth-order valence-electron chi connectivity index (χ4n) is 2.62. The van der Waals surface area contributed by atoms with Gasteiger partial charge in [-0.15, -0.1) is 16.4 Å². The average Bonchev–Trinajstić information content (AvgIpc) is 3.35. The highest BCUT2D eigenvalue weighted by molar-refractivity contribution is 7.89. The summed E-state index contributed by atoms with van der Waals surface area (Å²) in [5.41, 5.74) is 0.721. The molecule has 4 rings (SSSR count). The third kappa shape index (κ3) is 4.17. The van der Waals surface area contributed by atoms with E-state index in [1.54, 1.807) is 13.1 Å². The van der Waals surface area contributed by atoms with E-state index in [9.17, 15) is 13.2 Å². The molecule has 1 fully saturated rings. The summed E-state index contributed by atoms with van der Waals surface area (Å²) in [7, 11) is -2.00. The number of halogens is 2. The number of nitrogens with zero attached hydrogens (tertiary/aromatic N) is 3. The Labute approximate surface area is 180 Å². The van der Waals surface area contributed by atoms with Crippen LogP contribution in [-0.2, 0) is 10.0 Å². The minimum atomic E-state index is -3.57. The van der Waals surface area contributed by atoms with Crippen LogP contribution < -0.4 is 5.32 Å². The Morgan fingerprint density at radius 2 is 1.93 bits per heavy atom. The summed E-state index contributed by atoms with van der Waals surface area (Å²) in [6.45, 7) is 0. The summed E-state index contributed by atoms with van der Waals surface area (Å²) < 4.78 is 32.7. The number of hydrogen-bond acceptors (Lipinski definition) is 7. The topological polar surface area (TPSA) is 105 Å². The molecule has 12 heteroatoms. The zero-order valence-corrected chi connectivity index (χ0v) is 18.1. The first-order chi connectivity index (χ1) is 13.8. The Morgan fingerprint density at radius 3 is 2.52 bits per heavy atom. The molecular formula is C17H14Cl2N4O4S2. The van der Waals surface area contributed by atoms with Gasteiger partial charge in [0, 0.05) is 18.7 Å². The van der Waals surface area contributed by atoms with E-state index in [4.69, 9.17) is 27.6 Å². The molecule has 0 saturated heterocycles. The van der Waals surface area contributed by atoms with Crippen LogP contribution in [0.15, 0.2) is 39.6 Å². The van der Waals surface area contributed by atoms with Crippen molar-refractivity contribution in [3.63, 3.8) is 0 Å². The standard InChI is InChI=1S/C17H14Cl2N4O4S2/c1-23(10-4-5-10)29(25,26)11-6-2-9(3-7-11)15(24)20-17-22-21-16(27-17)12-8-13(18)28-14(12)19/h2-3,6-8,10H,4-5H2,1H3,(H,20,22,24). The van der Waals surface area contributed by atoms with E-state index in [0.717, 1.165) is 24.2 Å². The number of carbonyl (C=O) groups excluding carboxylic acids is 1. The van der Waals surface area contributed by atoms with E-state index in [2.05, 4.69) is 15.5 Å². The molecule has 0 bridgehead atoms. The second-order valence-corrected chi connectivity index (χ2v) is 10.7. The van der Waals surface area contributed by atoms with Crippen LogP contribution in [0.1, 0.15) is 23.2 Å². The molecule has 1 aliphatic carbocycles. The van der Waals surface area contributed by atoms with Crippen molar-refractivity contribution in [2.45, 2.75) is 23.8 Å². The molecule has 1 amide bonds. The third-order valence-corrected chi connectivity index (χ3v) is 7.80. The monoisotopic (exact) mass is 472 g/mol. The van der Waals surface area contributed by atoms with Crippen LogP contribution in [0.4, 0.5) is 6.01 Å². The highest BCUT2D eigenvalue weighted by Crippen LogP contribution is 2.37. The van der Waals surface area contributed by atoms with Gasteiger partial charge in [-0.25, -0.2) is 8.42 Å². The van der Waals surface area contributed by atoms with E-state index < -0.39 is 15.9 Å². The Kier molecular flexibility index (Phi) is 5.38. The number of benzene rings is 1. The maximum atomic E-state index is 12.5. The summed E-state index contributed by atoms with van der Waals surface area (Å²) in [6.07, 6.45) is 1.73. The normalized spacial score (nSPS) is 14.3. The number of nitrogens with one attached hydrogen (secondary N) is 1. The van der Waals surface area contributed by atoms with Crippen LogP contribution in [0.2, 0.25) is 8.67 Å². The van der Waals surface area contributed by atoms with Crippen molar-refractivity contribution in [1.29, 1.82) is 0 Å². The van der Waals surface area contributed by atoms with E-state index in [1.807, 2.05) is 0 Å².